The van der Waals surface area contributed by atoms with Gasteiger partial charge in [-0.1, -0.05) is 35.9 Å². The third-order valence-electron chi connectivity index (χ3n) is 4.53. The van der Waals surface area contributed by atoms with Gasteiger partial charge in [0.2, 0.25) is 11.8 Å². The smallest absolute Gasteiger partial charge is 0.242 e. The highest BCUT2D eigenvalue weighted by molar-refractivity contribution is 6.30. The van der Waals surface area contributed by atoms with Crippen LogP contribution in [0.1, 0.15) is 24.5 Å². The van der Waals surface area contributed by atoms with Gasteiger partial charge in [-0.3, -0.25) is 9.59 Å². The summed E-state index contributed by atoms with van der Waals surface area (Å²) in [5, 5.41) is 3.42. The molecular weight excluding hydrogens is 395 g/mol. The first-order chi connectivity index (χ1) is 13.9. The molecule has 1 N–H and O–H groups in total. The Kier molecular flexibility index (Phi) is 9.09. The molecule has 0 aromatic heterocycles. The molecule has 1 atom stereocenters. The van der Waals surface area contributed by atoms with Crippen LogP contribution in [0.2, 0.25) is 5.02 Å². The summed E-state index contributed by atoms with van der Waals surface area (Å²) in [5.41, 5.74) is 1.55. The molecule has 0 radical (unpaired) electrons. The van der Waals surface area contributed by atoms with E-state index in [0.717, 1.165) is 11.1 Å². The summed E-state index contributed by atoms with van der Waals surface area (Å²) >= 11 is 5.91. The second-order valence-electron chi connectivity index (χ2n) is 6.76. The normalized spacial score (nSPS) is 11.7. The van der Waals surface area contributed by atoms with Crippen molar-refractivity contribution < 1.29 is 18.7 Å². The molecule has 0 aliphatic carbocycles. The average Bonchev–Trinajstić information content (AvgIpc) is 2.71. The Balaban J connectivity index is 2.12. The number of methoxy groups -OCH3 is 1. The Morgan fingerprint density at radius 3 is 2.34 bits per heavy atom. The summed E-state index contributed by atoms with van der Waals surface area (Å²) < 4.78 is 18.2. The van der Waals surface area contributed by atoms with Gasteiger partial charge < -0.3 is 15.0 Å². The predicted octanol–water partition coefficient (Wildman–Crippen LogP) is 3.59. The highest BCUT2D eigenvalue weighted by Crippen LogP contribution is 2.15. The van der Waals surface area contributed by atoms with Crippen molar-refractivity contribution in [1.29, 1.82) is 0 Å². The fraction of sp³-hybridized carbons (Fsp3) is 0.364. The summed E-state index contributed by atoms with van der Waals surface area (Å²) in [6.07, 6.45) is 0.825. The maximum Gasteiger partial charge on any atom is 0.242 e. The van der Waals surface area contributed by atoms with Crippen molar-refractivity contribution >= 4 is 23.4 Å². The number of ether oxygens (including phenoxy) is 1. The van der Waals surface area contributed by atoms with E-state index in [1.54, 1.807) is 50.4 Å². The first-order valence-electron chi connectivity index (χ1n) is 9.45. The van der Waals surface area contributed by atoms with Crippen LogP contribution in [-0.2, 0) is 27.3 Å². The van der Waals surface area contributed by atoms with Crippen molar-refractivity contribution in [2.45, 2.75) is 32.4 Å². The number of nitrogens with zero attached hydrogens (tertiary/aromatic N) is 1. The highest BCUT2D eigenvalue weighted by atomic mass is 35.5. The Labute approximate surface area is 175 Å². The Morgan fingerprint density at radius 2 is 1.72 bits per heavy atom. The number of nitrogens with one attached hydrogen (secondary N) is 1. The molecule has 156 valence electrons. The summed E-state index contributed by atoms with van der Waals surface area (Å²) in [6, 6.07) is 12.2. The lowest BCUT2D eigenvalue weighted by atomic mass is 10.1. The molecule has 2 aromatic rings. The largest absolute Gasteiger partial charge is 0.385 e. The van der Waals surface area contributed by atoms with Gasteiger partial charge in [0, 0.05) is 31.8 Å². The molecule has 0 unspecified atom stereocenters. The second-order valence-corrected chi connectivity index (χ2v) is 7.20. The maximum atomic E-state index is 13.2. The van der Waals surface area contributed by atoms with Gasteiger partial charge in [0.15, 0.2) is 0 Å². The Morgan fingerprint density at radius 1 is 1.10 bits per heavy atom. The summed E-state index contributed by atoms with van der Waals surface area (Å²) in [4.78, 5) is 27.1. The molecule has 0 saturated heterocycles. The van der Waals surface area contributed by atoms with Gasteiger partial charge in [-0.15, -0.1) is 0 Å². The van der Waals surface area contributed by atoms with E-state index in [1.807, 2.05) is 0 Å². The Hall–Kier alpha value is -2.44. The zero-order valence-electron chi connectivity index (χ0n) is 16.7. The van der Waals surface area contributed by atoms with Crippen LogP contribution in [0.15, 0.2) is 48.5 Å². The third kappa shape index (κ3) is 7.48. The standard InChI is InChI=1S/C22H26ClFN2O3/c1-16(22(28)25-12-3-13-29-2)26(15-18-6-10-20(24)11-7-18)21(27)14-17-4-8-19(23)9-5-17/h4-11,16H,3,12-15H2,1-2H3,(H,25,28)/t16-/m0/s1. The van der Waals surface area contributed by atoms with Crippen LogP contribution in [0.3, 0.4) is 0 Å². The van der Waals surface area contributed by atoms with Gasteiger partial charge >= 0.3 is 0 Å². The molecule has 0 aliphatic heterocycles. The fourth-order valence-corrected chi connectivity index (χ4v) is 2.95. The van der Waals surface area contributed by atoms with Crippen LogP contribution >= 0.6 is 11.6 Å². The predicted molar refractivity (Wildman–Crippen MR) is 111 cm³/mol. The highest BCUT2D eigenvalue weighted by Gasteiger charge is 2.26. The van der Waals surface area contributed by atoms with Gasteiger partial charge in [0.1, 0.15) is 11.9 Å². The van der Waals surface area contributed by atoms with E-state index in [2.05, 4.69) is 5.32 Å². The maximum absolute atomic E-state index is 13.2. The lowest BCUT2D eigenvalue weighted by Gasteiger charge is -2.29. The number of carbonyl (C=O) groups is 2. The van der Waals surface area contributed by atoms with E-state index in [-0.39, 0.29) is 30.6 Å². The number of carbonyl (C=O) groups excluding carboxylic acids is 2. The number of benzene rings is 2. The molecule has 0 aliphatic rings. The molecule has 29 heavy (non-hydrogen) atoms. The van der Waals surface area contributed by atoms with Crippen molar-refractivity contribution in [3.05, 3.63) is 70.5 Å². The number of hydrogen-bond donors (Lipinski definition) is 1. The first kappa shape index (κ1) is 22.8. The van der Waals surface area contributed by atoms with Crippen LogP contribution in [0, 0.1) is 5.82 Å². The van der Waals surface area contributed by atoms with E-state index in [9.17, 15) is 14.0 Å². The van der Waals surface area contributed by atoms with E-state index >= 15 is 0 Å². The van der Waals surface area contributed by atoms with E-state index in [0.29, 0.717) is 24.6 Å². The van der Waals surface area contributed by atoms with Crippen LogP contribution < -0.4 is 5.32 Å². The summed E-state index contributed by atoms with van der Waals surface area (Å²) in [5.74, 6) is -0.791. The molecule has 0 heterocycles. The zero-order chi connectivity index (χ0) is 21.2. The molecule has 0 fully saturated rings. The monoisotopic (exact) mass is 420 g/mol. The number of rotatable bonds is 10. The van der Waals surface area contributed by atoms with E-state index in [1.165, 1.54) is 17.0 Å². The number of halogens is 2. The molecule has 7 heteroatoms. The topological polar surface area (TPSA) is 58.6 Å². The summed E-state index contributed by atoms with van der Waals surface area (Å²) in [6.45, 7) is 2.91. The van der Waals surface area contributed by atoms with Gasteiger partial charge in [-0.2, -0.15) is 0 Å². The molecule has 2 amide bonds. The van der Waals surface area contributed by atoms with Gasteiger partial charge in [0.25, 0.3) is 0 Å². The number of hydrogen-bond acceptors (Lipinski definition) is 3. The lowest BCUT2D eigenvalue weighted by Crippen LogP contribution is -2.48. The van der Waals surface area contributed by atoms with Gasteiger partial charge in [-0.25, -0.2) is 4.39 Å². The van der Waals surface area contributed by atoms with E-state index < -0.39 is 6.04 Å². The summed E-state index contributed by atoms with van der Waals surface area (Å²) in [7, 11) is 1.60. The van der Waals surface area contributed by atoms with Crippen LogP contribution in [0.4, 0.5) is 4.39 Å². The third-order valence-corrected chi connectivity index (χ3v) is 4.78. The quantitative estimate of drug-likeness (QED) is 0.597. The second kappa shape index (κ2) is 11.5. The molecule has 2 aromatic carbocycles. The van der Waals surface area contributed by atoms with Crippen molar-refractivity contribution in [2.24, 2.45) is 0 Å². The Bertz CT molecular complexity index is 797. The molecule has 2 rings (SSSR count). The first-order valence-corrected chi connectivity index (χ1v) is 9.83. The van der Waals surface area contributed by atoms with Crippen LogP contribution in [-0.4, -0.2) is 43.0 Å². The van der Waals surface area contributed by atoms with Crippen molar-refractivity contribution in [1.82, 2.24) is 10.2 Å². The molecule has 0 bridgehead atoms. The van der Waals surface area contributed by atoms with Gasteiger partial charge in [0.05, 0.1) is 6.42 Å². The molecular formula is C22H26ClFN2O3. The van der Waals surface area contributed by atoms with Crippen molar-refractivity contribution in [3.8, 4) is 0 Å². The average molecular weight is 421 g/mol. The van der Waals surface area contributed by atoms with Crippen molar-refractivity contribution in [3.63, 3.8) is 0 Å². The minimum Gasteiger partial charge on any atom is -0.385 e. The lowest BCUT2D eigenvalue weighted by molar-refractivity contribution is -0.140. The molecule has 5 nitrogen and oxygen atoms in total. The molecule has 0 spiro atoms. The van der Waals surface area contributed by atoms with Crippen molar-refractivity contribution in [2.75, 3.05) is 20.3 Å². The zero-order valence-corrected chi connectivity index (χ0v) is 17.4. The van der Waals surface area contributed by atoms with Gasteiger partial charge in [-0.05, 0) is 48.7 Å². The SMILES string of the molecule is COCCCNC(=O)[C@H](C)N(Cc1ccc(F)cc1)C(=O)Cc1ccc(Cl)cc1. The fourth-order valence-electron chi connectivity index (χ4n) is 2.82. The van der Waals surface area contributed by atoms with E-state index in [4.69, 9.17) is 16.3 Å². The molecule has 0 saturated carbocycles. The van der Waals surface area contributed by atoms with Crippen LogP contribution in [0.5, 0.6) is 0 Å². The van der Waals surface area contributed by atoms with Crippen LogP contribution in [0.25, 0.3) is 0 Å². The minimum atomic E-state index is -0.678. The minimum absolute atomic E-state index is 0.139. The number of amides is 2.